The molecule has 0 aromatic heterocycles. The van der Waals surface area contributed by atoms with Crippen molar-refractivity contribution in [3.63, 3.8) is 0 Å². The van der Waals surface area contributed by atoms with Gasteiger partial charge in [0.15, 0.2) is 0 Å². The summed E-state index contributed by atoms with van der Waals surface area (Å²) in [5.41, 5.74) is 0.0699. The lowest BCUT2D eigenvalue weighted by molar-refractivity contribution is 0.584. The van der Waals surface area contributed by atoms with Crippen LogP contribution in [0.1, 0.15) is 34.1 Å². The summed E-state index contributed by atoms with van der Waals surface area (Å²) in [4.78, 5) is 8.37. The van der Waals surface area contributed by atoms with E-state index >= 15 is 0 Å². The number of amidine groups is 1. The molecule has 0 amide bonds. The van der Waals surface area contributed by atoms with E-state index in [0.29, 0.717) is 0 Å². The number of nitrogens with zero attached hydrogens (tertiary/aromatic N) is 2. The third-order valence-electron chi connectivity index (χ3n) is 1.28. The third-order valence-corrected chi connectivity index (χ3v) is 1.28. The summed E-state index contributed by atoms with van der Waals surface area (Å²) in [6.45, 7) is 8.41. The number of hydrogen-bond donors (Lipinski definition) is 0. The Morgan fingerprint density at radius 3 is 2.18 bits per heavy atom. The van der Waals surface area contributed by atoms with Gasteiger partial charge in [0, 0.05) is 18.7 Å². The van der Waals surface area contributed by atoms with E-state index in [0.717, 1.165) is 12.3 Å². The maximum Gasteiger partial charge on any atom is 0.127 e. The average molecular weight is 154 g/mol. The Bertz CT molecular complexity index is 161. The highest BCUT2D eigenvalue weighted by atomic mass is 14.9. The molecule has 0 heterocycles. The fourth-order valence-electron chi connectivity index (χ4n) is 0.765. The van der Waals surface area contributed by atoms with Gasteiger partial charge in [-0.05, 0) is 6.42 Å². The van der Waals surface area contributed by atoms with Crippen LogP contribution in [-0.4, -0.2) is 19.1 Å². The molecule has 0 fully saturated rings. The Hall–Kier alpha value is -0.660. The molecule has 0 radical (unpaired) electrons. The molecule has 0 N–H and O–H groups in total. The van der Waals surface area contributed by atoms with Crippen LogP contribution in [0.25, 0.3) is 0 Å². The number of rotatable bonds is 1. The minimum absolute atomic E-state index is 0.0699. The van der Waals surface area contributed by atoms with Crippen LogP contribution in [0, 0.1) is 5.41 Å². The molecule has 0 spiro atoms. The first-order valence-electron chi connectivity index (χ1n) is 4.02. The smallest absolute Gasteiger partial charge is 0.127 e. The van der Waals surface area contributed by atoms with Gasteiger partial charge in [0.1, 0.15) is 5.84 Å². The molecule has 0 aromatic carbocycles. The van der Waals surface area contributed by atoms with Crippen molar-refractivity contribution in [1.29, 1.82) is 0 Å². The molecule has 0 aliphatic rings. The van der Waals surface area contributed by atoms with E-state index in [-0.39, 0.29) is 5.41 Å². The van der Waals surface area contributed by atoms with Crippen molar-refractivity contribution in [3.8, 4) is 0 Å². The second kappa shape index (κ2) is 4.27. The van der Waals surface area contributed by atoms with Gasteiger partial charge < -0.3 is 0 Å². The molecular weight excluding hydrogens is 136 g/mol. The van der Waals surface area contributed by atoms with E-state index in [2.05, 4.69) is 37.7 Å². The second-order valence-electron chi connectivity index (χ2n) is 3.52. The van der Waals surface area contributed by atoms with Crippen molar-refractivity contribution in [2.24, 2.45) is 15.4 Å². The van der Waals surface area contributed by atoms with E-state index in [9.17, 15) is 0 Å². The van der Waals surface area contributed by atoms with Crippen LogP contribution in [0.5, 0.6) is 0 Å². The largest absolute Gasteiger partial charge is 0.273 e. The molecule has 0 rings (SSSR count). The van der Waals surface area contributed by atoms with Crippen LogP contribution >= 0.6 is 0 Å². The van der Waals surface area contributed by atoms with Gasteiger partial charge in [0.2, 0.25) is 0 Å². The van der Waals surface area contributed by atoms with Crippen LogP contribution in [0.4, 0.5) is 0 Å². The van der Waals surface area contributed by atoms with E-state index in [1.165, 1.54) is 0 Å². The molecular formula is C9H18N2. The molecule has 0 aromatic rings. The van der Waals surface area contributed by atoms with Crippen LogP contribution in [0.2, 0.25) is 0 Å². The Kier molecular flexibility index (Phi) is 4.01. The van der Waals surface area contributed by atoms with Gasteiger partial charge in [-0.15, -0.1) is 0 Å². The minimum Gasteiger partial charge on any atom is -0.273 e. The highest BCUT2D eigenvalue weighted by Crippen LogP contribution is 2.16. The lowest BCUT2D eigenvalue weighted by Gasteiger charge is -2.16. The molecule has 0 atom stereocenters. The summed E-state index contributed by atoms with van der Waals surface area (Å²) in [5.74, 6) is 0.916. The fraction of sp³-hybridized carbons (Fsp3) is 0.778. The van der Waals surface area contributed by atoms with Gasteiger partial charge in [-0.3, -0.25) is 4.99 Å². The standard InChI is InChI=1S/C9H18N2/c1-6-7-11-8(10-5)9(2,3)4/h7H,6H2,1-5H3. The second-order valence-corrected chi connectivity index (χ2v) is 3.52. The Morgan fingerprint density at radius 1 is 1.36 bits per heavy atom. The van der Waals surface area contributed by atoms with Crippen LogP contribution in [0.15, 0.2) is 9.98 Å². The van der Waals surface area contributed by atoms with E-state index in [4.69, 9.17) is 0 Å². The summed E-state index contributed by atoms with van der Waals surface area (Å²) in [5, 5.41) is 0. The third kappa shape index (κ3) is 3.91. The summed E-state index contributed by atoms with van der Waals surface area (Å²) in [6, 6.07) is 0. The molecule has 11 heavy (non-hydrogen) atoms. The van der Waals surface area contributed by atoms with Crippen molar-refractivity contribution >= 4 is 12.1 Å². The zero-order valence-electron chi connectivity index (χ0n) is 8.18. The van der Waals surface area contributed by atoms with Crippen LogP contribution < -0.4 is 0 Å². The molecule has 2 nitrogen and oxygen atoms in total. The van der Waals surface area contributed by atoms with Gasteiger partial charge >= 0.3 is 0 Å². The first-order chi connectivity index (χ1) is 5.02. The summed E-state index contributed by atoms with van der Waals surface area (Å²) < 4.78 is 0. The first-order valence-corrected chi connectivity index (χ1v) is 4.02. The van der Waals surface area contributed by atoms with E-state index in [1.54, 1.807) is 7.05 Å². The van der Waals surface area contributed by atoms with Gasteiger partial charge in [-0.25, -0.2) is 4.99 Å². The van der Waals surface area contributed by atoms with Gasteiger partial charge in [0.05, 0.1) is 0 Å². The molecule has 64 valence electrons. The molecule has 0 saturated carbocycles. The molecule has 0 bridgehead atoms. The van der Waals surface area contributed by atoms with Gasteiger partial charge in [0.25, 0.3) is 0 Å². The monoisotopic (exact) mass is 154 g/mol. The maximum atomic E-state index is 4.26. The van der Waals surface area contributed by atoms with Gasteiger partial charge in [-0.1, -0.05) is 27.7 Å². The normalized spacial score (nSPS) is 14.5. The Morgan fingerprint density at radius 2 is 1.91 bits per heavy atom. The summed E-state index contributed by atoms with van der Waals surface area (Å²) in [6.07, 6.45) is 2.86. The Balaban J connectivity index is 4.33. The van der Waals surface area contributed by atoms with Crippen molar-refractivity contribution in [2.75, 3.05) is 7.05 Å². The Labute approximate surface area is 69.4 Å². The predicted octanol–water partition coefficient (Wildman–Crippen LogP) is 2.54. The molecule has 0 unspecified atom stereocenters. The molecule has 0 aliphatic carbocycles. The highest BCUT2D eigenvalue weighted by Gasteiger charge is 2.16. The molecule has 0 aliphatic heterocycles. The molecule has 0 saturated heterocycles. The topological polar surface area (TPSA) is 24.7 Å². The SMILES string of the molecule is CCC=NC(=NC)C(C)(C)C. The minimum atomic E-state index is 0.0699. The predicted molar refractivity (Wildman–Crippen MR) is 51.6 cm³/mol. The quantitative estimate of drug-likeness (QED) is 0.409. The average Bonchev–Trinajstić information content (AvgIpc) is 1.87. The number of aliphatic imine (C=N–C) groups is 2. The van der Waals surface area contributed by atoms with Gasteiger partial charge in [-0.2, -0.15) is 0 Å². The zero-order chi connectivity index (χ0) is 8.91. The van der Waals surface area contributed by atoms with Crippen molar-refractivity contribution in [3.05, 3.63) is 0 Å². The fourth-order valence-corrected chi connectivity index (χ4v) is 0.765. The zero-order valence-corrected chi connectivity index (χ0v) is 8.18. The highest BCUT2D eigenvalue weighted by molar-refractivity contribution is 5.93. The van der Waals surface area contributed by atoms with Crippen molar-refractivity contribution < 1.29 is 0 Å². The number of hydrogen-bond acceptors (Lipinski definition) is 1. The van der Waals surface area contributed by atoms with E-state index in [1.807, 2.05) is 6.21 Å². The first kappa shape index (κ1) is 10.3. The summed E-state index contributed by atoms with van der Waals surface area (Å²) >= 11 is 0. The maximum absolute atomic E-state index is 4.26. The lowest BCUT2D eigenvalue weighted by Crippen LogP contribution is -2.18. The van der Waals surface area contributed by atoms with Crippen molar-refractivity contribution in [1.82, 2.24) is 0 Å². The summed E-state index contributed by atoms with van der Waals surface area (Å²) in [7, 11) is 1.79. The van der Waals surface area contributed by atoms with Crippen LogP contribution in [-0.2, 0) is 0 Å². The van der Waals surface area contributed by atoms with Crippen molar-refractivity contribution in [2.45, 2.75) is 34.1 Å². The lowest BCUT2D eigenvalue weighted by atomic mass is 9.95. The molecule has 2 heteroatoms. The van der Waals surface area contributed by atoms with Crippen LogP contribution in [0.3, 0.4) is 0 Å². The van der Waals surface area contributed by atoms with E-state index < -0.39 is 0 Å².